The van der Waals surface area contributed by atoms with Crippen LogP contribution in [-0.4, -0.2) is 27.6 Å². The molecule has 0 bridgehead atoms. The smallest absolute Gasteiger partial charge is 0.318 e. The molecule has 0 atom stereocenters. The average Bonchev–Trinajstić information content (AvgIpc) is 3.20. The molecule has 162 valence electrons. The number of hydrogen-bond acceptors (Lipinski definition) is 1. The maximum absolute atomic E-state index is 13.3. The molecule has 1 aromatic heterocycles. The molecule has 5 heteroatoms. The molecule has 2 aliphatic carbocycles. The maximum atomic E-state index is 13.3. The fourth-order valence-corrected chi connectivity index (χ4v) is 5.23. The van der Waals surface area contributed by atoms with Crippen molar-refractivity contribution in [2.24, 2.45) is 0 Å². The molecule has 0 radical (unpaired) electrons. The van der Waals surface area contributed by atoms with E-state index in [-0.39, 0.29) is 6.03 Å². The van der Waals surface area contributed by atoms with Gasteiger partial charge < -0.3 is 14.8 Å². The monoisotopic (exact) mass is 427 g/mol. The third-order valence-corrected chi connectivity index (χ3v) is 6.94. The Morgan fingerprint density at radius 1 is 1.00 bits per heavy atom. The van der Waals surface area contributed by atoms with Crippen LogP contribution < -0.4 is 5.32 Å². The largest absolute Gasteiger partial charge is 0.345 e. The van der Waals surface area contributed by atoms with Crippen molar-refractivity contribution in [2.75, 3.05) is 0 Å². The van der Waals surface area contributed by atoms with Gasteiger partial charge in [0.15, 0.2) is 0 Å². The number of hydrogen-bond donors (Lipinski definition) is 1. The highest BCUT2D eigenvalue weighted by Gasteiger charge is 2.28. The Morgan fingerprint density at radius 3 is 2.47 bits per heavy atom. The molecule has 2 saturated carbocycles. The Kier molecular flexibility index (Phi) is 7.37. The van der Waals surface area contributed by atoms with Crippen molar-refractivity contribution in [3.63, 3.8) is 0 Å². The Hall–Kier alpha value is -1.94. The SMILES string of the molecule is O=C(NC1CCCCC1)N(Cc1cccn1Cc1cccc(Cl)c1)C1CCCCC1. The van der Waals surface area contributed by atoms with Crippen LogP contribution in [0.4, 0.5) is 4.79 Å². The van der Waals surface area contributed by atoms with Crippen LogP contribution in [0.2, 0.25) is 5.02 Å². The van der Waals surface area contributed by atoms with Gasteiger partial charge in [-0.25, -0.2) is 4.79 Å². The van der Waals surface area contributed by atoms with Gasteiger partial charge in [-0.3, -0.25) is 0 Å². The number of benzene rings is 1. The summed E-state index contributed by atoms with van der Waals surface area (Å²) >= 11 is 6.17. The molecule has 0 unspecified atom stereocenters. The van der Waals surface area contributed by atoms with Crippen LogP contribution in [-0.2, 0) is 13.1 Å². The molecule has 1 N–H and O–H groups in total. The fraction of sp³-hybridized carbons (Fsp3) is 0.560. The van der Waals surface area contributed by atoms with Crippen molar-refractivity contribution in [2.45, 2.75) is 89.4 Å². The standard InChI is InChI=1S/C25H34ClN3O/c26-21-10-7-9-20(17-21)18-28-16-8-15-24(28)19-29(23-13-5-2-6-14-23)25(30)27-22-11-3-1-4-12-22/h7-10,15-17,22-23H,1-6,11-14,18-19H2,(H,27,30). The highest BCUT2D eigenvalue weighted by atomic mass is 35.5. The van der Waals surface area contributed by atoms with Gasteiger partial charge in [0.05, 0.1) is 6.54 Å². The molecule has 30 heavy (non-hydrogen) atoms. The summed E-state index contributed by atoms with van der Waals surface area (Å²) in [6, 6.07) is 13.1. The minimum absolute atomic E-state index is 0.129. The lowest BCUT2D eigenvalue weighted by Crippen LogP contribution is -2.50. The number of carbonyl (C=O) groups is 1. The molecule has 2 fully saturated rings. The van der Waals surface area contributed by atoms with Crippen LogP contribution in [0, 0.1) is 0 Å². The van der Waals surface area contributed by atoms with Gasteiger partial charge in [-0.1, -0.05) is 62.3 Å². The molecular weight excluding hydrogens is 394 g/mol. The number of carbonyl (C=O) groups excluding carboxylic acids is 1. The number of nitrogens with zero attached hydrogens (tertiary/aromatic N) is 2. The molecule has 0 spiro atoms. The number of urea groups is 1. The summed E-state index contributed by atoms with van der Waals surface area (Å²) in [5.74, 6) is 0. The van der Waals surface area contributed by atoms with Gasteiger partial charge in [0.25, 0.3) is 0 Å². The van der Waals surface area contributed by atoms with Crippen LogP contribution in [0.3, 0.4) is 0 Å². The third-order valence-electron chi connectivity index (χ3n) is 6.71. The first-order chi connectivity index (χ1) is 14.7. The van der Waals surface area contributed by atoms with E-state index in [1.165, 1.54) is 49.8 Å². The Balaban J connectivity index is 1.48. The zero-order valence-electron chi connectivity index (χ0n) is 17.9. The van der Waals surface area contributed by atoms with Crippen molar-refractivity contribution in [1.29, 1.82) is 0 Å². The van der Waals surface area contributed by atoms with Gasteiger partial charge in [0.1, 0.15) is 0 Å². The maximum Gasteiger partial charge on any atom is 0.318 e. The lowest BCUT2D eigenvalue weighted by atomic mass is 9.93. The molecule has 4 rings (SSSR count). The Labute approximate surface area is 185 Å². The summed E-state index contributed by atoms with van der Waals surface area (Å²) in [7, 11) is 0. The lowest BCUT2D eigenvalue weighted by Gasteiger charge is -2.36. The second kappa shape index (κ2) is 10.4. The average molecular weight is 428 g/mol. The van der Waals surface area contributed by atoms with E-state index < -0.39 is 0 Å². The van der Waals surface area contributed by atoms with Crippen molar-refractivity contribution in [1.82, 2.24) is 14.8 Å². The van der Waals surface area contributed by atoms with Gasteiger partial charge in [0, 0.05) is 35.5 Å². The summed E-state index contributed by atoms with van der Waals surface area (Å²) in [5.41, 5.74) is 2.36. The molecule has 4 nitrogen and oxygen atoms in total. The van der Waals surface area contributed by atoms with E-state index in [2.05, 4.69) is 39.2 Å². The van der Waals surface area contributed by atoms with E-state index in [1.807, 2.05) is 18.2 Å². The van der Waals surface area contributed by atoms with Crippen LogP contribution in [0.1, 0.15) is 75.5 Å². The van der Waals surface area contributed by atoms with Gasteiger partial charge in [-0.2, -0.15) is 0 Å². The molecule has 0 aliphatic heterocycles. The van der Waals surface area contributed by atoms with E-state index in [9.17, 15) is 4.79 Å². The van der Waals surface area contributed by atoms with Gasteiger partial charge in [0.2, 0.25) is 0 Å². The molecule has 0 saturated heterocycles. The Morgan fingerprint density at radius 2 is 1.73 bits per heavy atom. The zero-order chi connectivity index (χ0) is 20.8. The first kappa shape index (κ1) is 21.3. The van der Waals surface area contributed by atoms with Crippen LogP contribution in [0.15, 0.2) is 42.6 Å². The first-order valence-electron chi connectivity index (χ1n) is 11.6. The van der Waals surface area contributed by atoms with Gasteiger partial charge in [-0.05, 0) is 55.5 Å². The lowest BCUT2D eigenvalue weighted by molar-refractivity contribution is 0.144. The van der Waals surface area contributed by atoms with Crippen molar-refractivity contribution in [3.8, 4) is 0 Å². The Bertz CT molecular complexity index is 821. The van der Waals surface area contributed by atoms with Crippen molar-refractivity contribution < 1.29 is 4.79 Å². The molecular formula is C25H34ClN3O. The van der Waals surface area contributed by atoms with E-state index in [1.54, 1.807) is 0 Å². The molecule has 1 heterocycles. The molecule has 2 aromatic rings. The van der Waals surface area contributed by atoms with E-state index in [0.717, 1.165) is 37.3 Å². The predicted molar refractivity (Wildman–Crippen MR) is 123 cm³/mol. The van der Waals surface area contributed by atoms with Crippen molar-refractivity contribution >= 4 is 17.6 Å². The van der Waals surface area contributed by atoms with Crippen LogP contribution >= 0.6 is 11.6 Å². The minimum Gasteiger partial charge on any atom is -0.345 e. The van der Waals surface area contributed by atoms with Gasteiger partial charge >= 0.3 is 6.03 Å². The van der Waals surface area contributed by atoms with Gasteiger partial charge in [-0.15, -0.1) is 0 Å². The second-order valence-electron chi connectivity index (χ2n) is 8.96. The summed E-state index contributed by atoms with van der Waals surface area (Å²) < 4.78 is 2.25. The normalized spacial score (nSPS) is 18.3. The van der Waals surface area contributed by atoms with E-state index in [0.29, 0.717) is 18.6 Å². The molecule has 1 aromatic carbocycles. The number of aromatic nitrogens is 1. The summed E-state index contributed by atoms with van der Waals surface area (Å²) in [5, 5.41) is 4.13. The predicted octanol–water partition coefficient (Wildman–Crippen LogP) is 6.37. The van der Waals surface area contributed by atoms with E-state index >= 15 is 0 Å². The summed E-state index contributed by atoms with van der Waals surface area (Å²) in [6.07, 6.45) is 14.1. The quantitative estimate of drug-likeness (QED) is 0.571. The topological polar surface area (TPSA) is 37.3 Å². The number of halogens is 1. The minimum atomic E-state index is 0.129. The molecule has 2 amide bonds. The zero-order valence-corrected chi connectivity index (χ0v) is 18.6. The number of rotatable bonds is 6. The number of amides is 2. The fourth-order valence-electron chi connectivity index (χ4n) is 5.02. The third kappa shape index (κ3) is 5.60. The summed E-state index contributed by atoms with van der Waals surface area (Å²) in [4.78, 5) is 15.5. The van der Waals surface area contributed by atoms with E-state index in [4.69, 9.17) is 11.6 Å². The molecule has 2 aliphatic rings. The van der Waals surface area contributed by atoms with Crippen LogP contribution in [0.5, 0.6) is 0 Å². The van der Waals surface area contributed by atoms with Crippen LogP contribution in [0.25, 0.3) is 0 Å². The summed E-state index contributed by atoms with van der Waals surface area (Å²) in [6.45, 7) is 1.43. The second-order valence-corrected chi connectivity index (χ2v) is 9.40. The van der Waals surface area contributed by atoms with Crippen molar-refractivity contribution in [3.05, 3.63) is 58.9 Å². The number of nitrogens with one attached hydrogen (secondary N) is 1. The highest BCUT2D eigenvalue weighted by Crippen LogP contribution is 2.26. The highest BCUT2D eigenvalue weighted by molar-refractivity contribution is 6.30. The first-order valence-corrected chi connectivity index (χ1v) is 12.0.